The van der Waals surface area contributed by atoms with Gasteiger partial charge in [-0.05, 0) is 44.6 Å². The number of benzene rings is 1. The van der Waals surface area contributed by atoms with Gasteiger partial charge < -0.3 is 10.0 Å². The average Bonchev–Trinajstić information content (AvgIpc) is 2.42. The summed E-state index contributed by atoms with van der Waals surface area (Å²) in [6.45, 7) is 0. The van der Waals surface area contributed by atoms with Gasteiger partial charge in [0.15, 0.2) is 0 Å². The van der Waals surface area contributed by atoms with Crippen molar-refractivity contribution in [1.82, 2.24) is 4.90 Å². The van der Waals surface area contributed by atoms with Crippen LogP contribution in [0, 0.1) is 5.82 Å². The topological polar surface area (TPSA) is 23.5 Å². The molecule has 0 amide bonds. The van der Waals surface area contributed by atoms with Crippen LogP contribution in [0.3, 0.4) is 0 Å². The van der Waals surface area contributed by atoms with Gasteiger partial charge in [0.2, 0.25) is 0 Å². The van der Waals surface area contributed by atoms with E-state index in [2.05, 4.69) is 19.0 Å². The highest BCUT2D eigenvalue weighted by molar-refractivity contribution is 5.18. The number of aliphatic hydroxyl groups excluding tert-OH is 1. The molecule has 1 aromatic carbocycles. The number of hydrogen-bond donors (Lipinski definition) is 1. The minimum Gasteiger partial charge on any atom is -0.391 e. The van der Waals surface area contributed by atoms with Crippen LogP contribution in [0.2, 0.25) is 0 Å². The van der Waals surface area contributed by atoms with Crippen LogP contribution in [0.5, 0.6) is 0 Å². The Morgan fingerprint density at radius 1 is 1.16 bits per heavy atom. The Morgan fingerprint density at radius 2 is 1.74 bits per heavy atom. The zero-order valence-corrected chi connectivity index (χ0v) is 11.9. The highest BCUT2D eigenvalue weighted by Crippen LogP contribution is 2.36. The van der Waals surface area contributed by atoms with E-state index in [4.69, 9.17) is 0 Å². The summed E-state index contributed by atoms with van der Waals surface area (Å²) < 4.78 is 12.9. The van der Waals surface area contributed by atoms with Crippen LogP contribution in [0.25, 0.3) is 0 Å². The van der Waals surface area contributed by atoms with Crippen molar-refractivity contribution in [2.45, 2.75) is 50.2 Å². The average molecular weight is 265 g/mol. The van der Waals surface area contributed by atoms with Gasteiger partial charge in [-0.2, -0.15) is 0 Å². The van der Waals surface area contributed by atoms with Gasteiger partial charge in [-0.15, -0.1) is 0 Å². The van der Waals surface area contributed by atoms with Crippen molar-refractivity contribution in [3.05, 3.63) is 35.6 Å². The first-order chi connectivity index (χ1) is 9.04. The molecule has 0 radical (unpaired) electrons. The fourth-order valence-electron chi connectivity index (χ4n) is 3.28. The van der Waals surface area contributed by atoms with E-state index in [0.717, 1.165) is 18.4 Å². The van der Waals surface area contributed by atoms with Gasteiger partial charge >= 0.3 is 0 Å². The highest BCUT2D eigenvalue weighted by Gasteiger charge is 2.40. The number of likely N-dealkylation sites (N-methyl/N-ethyl adjacent to an activating group) is 1. The lowest BCUT2D eigenvalue weighted by molar-refractivity contribution is -0.0310. The maximum Gasteiger partial charge on any atom is 0.123 e. The fourth-order valence-corrected chi connectivity index (χ4v) is 3.28. The third-order valence-corrected chi connectivity index (χ3v) is 4.57. The lowest BCUT2D eigenvalue weighted by atomic mass is 9.75. The van der Waals surface area contributed by atoms with Crippen molar-refractivity contribution in [2.24, 2.45) is 0 Å². The van der Waals surface area contributed by atoms with Gasteiger partial charge in [-0.3, -0.25) is 0 Å². The van der Waals surface area contributed by atoms with E-state index in [0.29, 0.717) is 6.42 Å². The third kappa shape index (κ3) is 3.15. The molecule has 1 atom stereocenters. The summed E-state index contributed by atoms with van der Waals surface area (Å²) in [7, 11) is 4.11. The third-order valence-electron chi connectivity index (χ3n) is 4.57. The Balaban J connectivity index is 2.11. The van der Waals surface area contributed by atoms with E-state index in [1.807, 2.05) is 0 Å². The van der Waals surface area contributed by atoms with E-state index in [1.165, 1.54) is 31.4 Å². The van der Waals surface area contributed by atoms with Crippen LogP contribution in [0.15, 0.2) is 24.3 Å². The van der Waals surface area contributed by atoms with Gasteiger partial charge in [0.05, 0.1) is 6.10 Å². The summed E-state index contributed by atoms with van der Waals surface area (Å²) in [6.07, 6.45) is 5.91. The van der Waals surface area contributed by atoms with Crippen LogP contribution >= 0.6 is 0 Å². The molecule has 0 heterocycles. The molecule has 2 nitrogen and oxygen atoms in total. The van der Waals surface area contributed by atoms with Gasteiger partial charge in [0.1, 0.15) is 5.82 Å². The van der Waals surface area contributed by atoms with Gasteiger partial charge in [0, 0.05) is 12.0 Å². The van der Waals surface area contributed by atoms with E-state index in [-0.39, 0.29) is 11.4 Å². The maximum absolute atomic E-state index is 12.9. The van der Waals surface area contributed by atoms with Crippen molar-refractivity contribution in [3.63, 3.8) is 0 Å². The Bertz CT molecular complexity index is 396. The summed E-state index contributed by atoms with van der Waals surface area (Å²) in [5.41, 5.74) is 0.882. The van der Waals surface area contributed by atoms with E-state index < -0.39 is 6.10 Å². The number of halogens is 1. The summed E-state index contributed by atoms with van der Waals surface area (Å²) in [6, 6.07) is 6.46. The maximum atomic E-state index is 12.9. The number of nitrogens with zero attached hydrogens (tertiary/aromatic N) is 1. The van der Waals surface area contributed by atoms with Crippen molar-refractivity contribution < 1.29 is 9.50 Å². The van der Waals surface area contributed by atoms with Crippen LogP contribution in [0.4, 0.5) is 4.39 Å². The molecule has 1 unspecified atom stereocenters. The van der Waals surface area contributed by atoms with Crippen molar-refractivity contribution in [1.29, 1.82) is 0 Å². The Kier molecular flexibility index (Phi) is 4.58. The fraction of sp³-hybridized carbons (Fsp3) is 0.625. The first-order valence-corrected chi connectivity index (χ1v) is 7.14. The second-order valence-corrected chi connectivity index (χ2v) is 5.91. The Morgan fingerprint density at radius 3 is 2.26 bits per heavy atom. The molecular weight excluding hydrogens is 241 g/mol. The molecule has 1 saturated carbocycles. The summed E-state index contributed by atoms with van der Waals surface area (Å²) >= 11 is 0. The molecule has 2 rings (SSSR count). The summed E-state index contributed by atoms with van der Waals surface area (Å²) in [5.74, 6) is -0.224. The predicted molar refractivity (Wildman–Crippen MR) is 75.6 cm³/mol. The molecule has 106 valence electrons. The van der Waals surface area contributed by atoms with Crippen LogP contribution in [-0.2, 0) is 6.42 Å². The van der Waals surface area contributed by atoms with E-state index >= 15 is 0 Å². The molecule has 1 N–H and O–H groups in total. The molecular formula is C16H24FNO. The molecule has 0 aromatic heterocycles. The SMILES string of the molecule is CN(C)C1(C(O)Cc2ccc(F)cc2)CCCCC1. The first-order valence-electron chi connectivity index (χ1n) is 7.14. The lowest BCUT2D eigenvalue weighted by Gasteiger charge is -2.46. The van der Waals surface area contributed by atoms with E-state index in [9.17, 15) is 9.50 Å². The zero-order valence-electron chi connectivity index (χ0n) is 11.9. The van der Waals surface area contributed by atoms with Crippen molar-refractivity contribution in [2.75, 3.05) is 14.1 Å². The van der Waals surface area contributed by atoms with Crippen molar-refractivity contribution >= 4 is 0 Å². The van der Waals surface area contributed by atoms with E-state index in [1.54, 1.807) is 12.1 Å². The van der Waals surface area contributed by atoms with Crippen LogP contribution in [0.1, 0.15) is 37.7 Å². The molecule has 0 spiro atoms. The monoisotopic (exact) mass is 265 g/mol. The van der Waals surface area contributed by atoms with Gasteiger partial charge in [-0.25, -0.2) is 4.39 Å². The Hall–Kier alpha value is -0.930. The molecule has 0 saturated heterocycles. The zero-order chi connectivity index (χ0) is 13.9. The molecule has 3 heteroatoms. The second kappa shape index (κ2) is 6.02. The Labute approximate surface area is 115 Å². The summed E-state index contributed by atoms with van der Waals surface area (Å²) in [4.78, 5) is 2.18. The second-order valence-electron chi connectivity index (χ2n) is 5.91. The molecule has 1 fully saturated rings. The number of aliphatic hydroxyl groups is 1. The molecule has 19 heavy (non-hydrogen) atoms. The summed E-state index contributed by atoms with van der Waals surface area (Å²) in [5, 5.41) is 10.7. The van der Waals surface area contributed by atoms with Crippen LogP contribution < -0.4 is 0 Å². The largest absolute Gasteiger partial charge is 0.391 e. The standard InChI is InChI=1S/C16H24FNO/c1-18(2)16(10-4-3-5-11-16)15(19)12-13-6-8-14(17)9-7-13/h6-9,15,19H,3-5,10-12H2,1-2H3. The molecule has 1 aromatic rings. The number of rotatable bonds is 4. The number of hydrogen-bond acceptors (Lipinski definition) is 2. The normalized spacial score (nSPS) is 20.5. The van der Waals surface area contributed by atoms with Crippen LogP contribution in [-0.4, -0.2) is 35.7 Å². The lowest BCUT2D eigenvalue weighted by Crippen LogP contribution is -2.55. The molecule has 1 aliphatic rings. The predicted octanol–water partition coefficient (Wildman–Crippen LogP) is 2.99. The minimum atomic E-state index is -0.395. The van der Waals surface area contributed by atoms with Gasteiger partial charge in [0.25, 0.3) is 0 Å². The molecule has 0 bridgehead atoms. The minimum absolute atomic E-state index is 0.118. The quantitative estimate of drug-likeness (QED) is 0.904. The van der Waals surface area contributed by atoms with Crippen molar-refractivity contribution in [3.8, 4) is 0 Å². The molecule has 1 aliphatic carbocycles. The smallest absolute Gasteiger partial charge is 0.123 e. The van der Waals surface area contributed by atoms with Gasteiger partial charge in [-0.1, -0.05) is 31.4 Å². The first kappa shape index (κ1) is 14.5. The molecule has 0 aliphatic heterocycles. The highest BCUT2D eigenvalue weighted by atomic mass is 19.1.